The number of carbonyl (C=O) groups excluding carboxylic acids is 3. The van der Waals surface area contributed by atoms with Crippen molar-refractivity contribution in [3.8, 4) is 0 Å². The van der Waals surface area contributed by atoms with Crippen LogP contribution in [0.25, 0.3) is 17.1 Å². The number of anilines is 1. The predicted octanol–water partition coefficient (Wildman–Crippen LogP) is 5.84. The Morgan fingerprint density at radius 1 is 1.03 bits per heavy atom. The molecule has 1 aliphatic rings. The van der Waals surface area contributed by atoms with Crippen molar-refractivity contribution in [3.05, 3.63) is 95.1 Å². The largest absolute Gasteiger partial charge is 0.325 e. The molecule has 1 N–H and O–H groups in total. The van der Waals surface area contributed by atoms with Crippen molar-refractivity contribution < 1.29 is 18.8 Å². The second-order valence-corrected chi connectivity index (χ2v) is 11.1. The lowest BCUT2D eigenvalue weighted by atomic mass is 10.2. The highest BCUT2D eigenvalue weighted by atomic mass is 32.2. The van der Waals surface area contributed by atoms with Gasteiger partial charge in [-0.2, -0.15) is 0 Å². The van der Waals surface area contributed by atoms with E-state index in [4.69, 9.17) is 12.2 Å². The van der Waals surface area contributed by atoms with E-state index in [9.17, 15) is 18.8 Å². The minimum Gasteiger partial charge on any atom is -0.325 e. The van der Waals surface area contributed by atoms with E-state index in [-0.39, 0.29) is 36.4 Å². The Morgan fingerprint density at radius 2 is 1.74 bits per heavy atom. The molecule has 39 heavy (non-hydrogen) atoms. The normalized spacial score (nSPS) is 14.4. The molecule has 0 bridgehead atoms. The maximum atomic E-state index is 13.4. The van der Waals surface area contributed by atoms with Crippen molar-refractivity contribution in [2.75, 3.05) is 17.6 Å². The first-order valence-electron chi connectivity index (χ1n) is 11.9. The van der Waals surface area contributed by atoms with Crippen LogP contribution in [0.4, 0.5) is 10.1 Å². The zero-order chi connectivity index (χ0) is 27.4. The first kappa shape index (κ1) is 26.8. The summed E-state index contributed by atoms with van der Waals surface area (Å²) in [6.45, 7) is 0.122. The van der Waals surface area contributed by atoms with Gasteiger partial charge in [0.2, 0.25) is 11.8 Å². The molecule has 0 atom stereocenters. The zero-order valence-corrected chi connectivity index (χ0v) is 22.8. The molecular weight excluding hydrogens is 556 g/mol. The molecular formula is C28H21FN4O3S3. The van der Waals surface area contributed by atoms with Gasteiger partial charge in [0.1, 0.15) is 10.1 Å². The summed E-state index contributed by atoms with van der Waals surface area (Å²) in [4.78, 5) is 45.4. The molecule has 11 heteroatoms. The van der Waals surface area contributed by atoms with E-state index in [1.165, 1.54) is 45.5 Å². The van der Waals surface area contributed by atoms with E-state index in [0.717, 1.165) is 17.3 Å². The molecule has 5 rings (SSSR count). The average Bonchev–Trinajstić information content (AvgIpc) is 3.44. The van der Waals surface area contributed by atoms with Crippen LogP contribution in [0.5, 0.6) is 0 Å². The van der Waals surface area contributed by atoms with Gasteiger partial charge in [0.25, 0.3) is 5.91 Å². The van der Waals surface area contributed by atoms with Gasteiger partial charge in [-0.15, -0.1) is 0 Å². The smallest absolute Gasteiger partial charge is 0.266 e. The second-order valence-electron chi connectivity index (χ2n) is 8.45. The molecule has 0 saturated carbocycles. The first-order valence-corrected chi connectivity index (χ1v) is 14.1. The van der Waals surface area contributed by atoms with Crippen molar-refractivity contribution >= 4 is 80.6 Å². The lowest BCUT2D eigenvalue weighted by molar-refractivity contribution is -0.122. The molecule has 1 aliphatic heterocycles. The number of halogens is 1. The predicted molar refractivity (Wildman–Crippen MR) is 157 cm³/mol. The van der Waals surface area contributed by atoms with Crippen molar-refractivity contribution in [2.45, 2.75) is 11.6 Å². The topological polar surface area (TPSA) is 84.3 Å². The average molecular weight is 577 g/mol. The summed E-state index contributed by atoms with van der Waals surface area (Å²) < 4.78 is 15.0. The third-order valence-electron chi connectivity index (χ3n) is 5.76. The first-order chi connectivity index (χ1) is 18.9. The summed E-state index contributed by atoms with van der Waals surface area (Å²) in [5.41, 5.74) is 2.59. The van der Waals surface area contributed by atoms with Crippen LogP contribution in [0.2, 0.25) is 0 Å². The van der Waals surface area contributed by atoms with Crippen LogP contribution in [-0.4, -0.2) is 48.8 Å². The van der Waals surface area contributed by atoms with E-state index < -0.39 is 5.82 Å². The Bertz CT molecular complexity index is 1600. The number of benzene rings is 3. The molecule has 1 fully saturated rings. The number of fused-ring (bicyclic) bond motifs is 1. The number of nitrogens with zero attached hydrogens (tertiary/aromatic N) is 3. The van der Waals surface area contributed by atoms with E-state index in [1.807, 2.05) is 36.4 Å². The highest BCUT2D eigenvalue weighted by molar-refractivity contribution is 8.26. The van der Waals surface area contributed by atoms with Gasteiger partial charge >= 0.3 is 0 Å². The third kappa shape index (κ3) is 6.27. The molecule has 7 nitrogen and oxygen atoms in total. The molecule has 196 valence electrons. The van der Waals surface area contributed by atoms with Gasteiger partial charge < -0.3 is 5.32 Å². The Hall–Kier alpha value is -3.80. The number of rotatable bonds is 8. The minimum atomic E-state index is -0.395. The van der Waals surface area contributed by atoms with Gasteiger partial charge in [-0.3, -0.25) is 23.9 Å². The zero-order valence-electron chi connectivity index (χ0n) is 20.4. The maximum absolute atomic E-state index is 13.4. The highest BCUT2D eigenvalue weighted by Crippen LogP contribution is 2.33. The number of para-hydroxylation sites is 2. The summed E-state index contributed by atoms with van der Waals surface area (Å²) in [5, 5.41) is 3.07. The van der Waals surface area contributed by atoms with Gasteiger partial charge in [-0.05, 0) is 48.0 Å². The van der Waals surface area contributed by atoms with Crippen LogP contribution in [0, 0.1) is 5.82 Å². The molecule has 4 aromatic rings. The molecule has 0 radical (unpaired) electrons. The SMILES string of the molecule is O=C(CSc1nc2ccccc2n1C(=O)CCN1C(=O)/C(=C\c2ccccc2)SC1=S)Nc1ccc(F)cc1. The Morgan fingerprint density at radius 3 is 2.51 bits per heavy atom. The Kier molecular flexibility index (Phi) is 8.20. The van der Waals surface area contributed by atoms with E-state index in [1.54, 1.807) is 24.3 Å². The number of amides is 2. The fourth-order valence-corrected chi connectivity index (χ4v) is 6.05. The number of imidazole rings is 1. The summed E-state index contributed by atoms with van der Waals surface area (Å²) in [7, 11) is 0. The number of hydrogen-bond acceptors (Lipinski definition) is 7. The molecule has 0 spiro atoms. The maximum Gasteiger partial charge on any atom is 0.266 e. The molecule has 2 amide bonds. The fourth-order valence-electron chi connectivity index (χ4n) is 3.91. The molecule has 0 aliphatic carbocycles. The van der Waals surface area contributed by atoms with Gasteiger partial charge in [0.05, 0.1) is 21.7 Å². The summed E-state index contributed by atoms with van der Waals surface area (Å²) in [6.07, 6.45) is 1.80. The quantitative estimate of drug-likeness (QED) is 0.160. The van der Waals surface area contributed by atoms with Gasteiger partial charge in [-0.25, -0.2) is 9.37 Å². The van der Waals surface area contributed by atoms with Crippen molar-refractivity contribution in [3.63, 3.8) is 0 Å². The highest BCUT2D eigenvalue weighted by Gasteiger charge is 2.32. The van der Waals surface area contributed by atoms with E-state index in [0.29, 0.717) is 31.1 Å². The second kappa shape index (κ2) is 11.9. The Balaban J connectivity index is 1.28. The number of aromatic nitrogens is 2. The van der Waals surface area contributed by atoms with Gasteiger partial charge in [0.15, 0.2) is 5.16 Å². The van der Waals surface area contributed by atoms with Crippen LogP contribution in [0.15, 0.2) is 88.9 Å². The number of hydrogen-bond donors (Lipinski definition) is 1. The molecule has 1 saturated heterocycles. The monoisotopic (exact) mass is 576 g/mol. The van der Waals surface area contributed by atoms with Crippen LogP contribution in [0.1, 0.15) is 16.8 Å². The van der Waals surface area contributed by atoms with Crippen molar-refractivity contribution in [1.82, 2.24) is 14.5 Å². The molecule has 2 heterocycles. The molecule has 1 aromatic heterocycles. The number of nitrogens with one attached hydrogen (secondary N) is 1. The van der Waals surface area contributed by atoms with Crippen molar-refractivity contribution in [2.24, 2.45) is 0 Å². The fraction of sp³-hybridized carbons (Fsp3) is 0.107. The van der Waals surface area contributed by atoms with Crippen LogP contribution >= 0.6 is 35.7 Å². The molecule has 3 aromatic carbocycles. The van der Waals surface area contributed by atoms with Crippen LogP contribution in [-0.2, 0) is 9.59 Å². The number of thiocarbonyl (C=S) groups is 1. The summed E-state index contributed by atoms with van der Waals surface area (Å²) in [6, 6.07) is 22.1. The Labute approximate surface area is 237 Å². The summed E-state index contributed by atoms with van der Waals surface area (Å²) >= 11 is 7.76. The van der Waals surface area contributed by atoms with Gasteiger partial charge in [0, 0.05) is 18.7 Å². The standard InChI is InChI=1S/C28H21FN4O3S3/c29-19-10-12-20(13-11-19)30-24(34)17-38-27-31-21-8-4-5-9-22(21)33(27)25(35)14-15-32-26(36)23(39-28(32)37)16-18-6-2-1-3-7-18/h1-13,16H,14-15,17H2,(H,30,34)/b23-16+. The van der Waals surface area contributed by atoms with E-state index >= 15 is 0 Å². The minimum absolute atomic E-state index is 0.00699. The third-order valence-corrected chi connectivity index (χ3v) is 8.08. The number of carbonyl (C=O) groups is 3. The molecule has 0 unspecified atom stereocenters. The van der Waals surface area contributed by atoms with Crippen LogP contribution < -0.4 is 5.32 Å². The van der Waals surface area contributed by atoms with E-state index in [2.05, 4.69) is 10.3 Å². The summed E-state index contributed by atoms with van der Waals surface area (Å²) in [5.74, 6) is -1.23. The number of thioether (sulfide) groups is 2. The lowest BCUT2D eigenvalue weighted by Crippen LogP contribution is -2.31. The van der Waals surface area contributed by atoms with Gasteiger partial charge in [-0.1, -0.05) is 78.2 Å². The van der Waals surface area contributed by atoms with Crippen LogP contribution in [0.3, 0.4) is 0 Å². The lowest BCUT2D eigenvalue weighted by Gasteiger charge is -2.14. The van der Waals surface area contributed by atoms with Crippen molar-refractivity contribution in [1.29, 1.82) is 0 Å².